The second-order valence-corrected chi connectivity index (χ2v) is 4.22. The molecule has 2 aromatic carbocycles. The van der Waals surface area contributed by atoms with Crippen molar-refractivity contribution in [2.45, 2.75) is 0 Å². The summed E-state index contributed by atoms with van der Waals surface area (Å²) in [5.74, 6) is -0.912. The quantitative estimate of drug-likeness (QED) is 0.906. The van der Waals surface area contributed by atoms with Crippen LogP contribution in [0.25, 0.3) is 11.1 Å². The van der Waals surface area contributed by atoms with Crippen molar-refractivity contribution in [2.75, 3.05) is 0 Å². The predicted molar refractivity (Wildman–Crippen MR) is 66.5 cm³/mol. The van der Waals surface area contributed by atoms with Crippen molar-refractivity contribution in [3.8, 4) is 11.1 Å². The number of hydrogen-bond acceptors (Lipinski definition) is 1. The van der Waals surface area contributed by atoms with E-state index < -0.39 is 5.97 Å². The standard InChI is InChI=1S/C13H9BrO2/c14-12-7-6-10(13(15)16)8-11(12)9-4-2-1-3-5-9/h1-8H,(H,15,16). The van der Waals surface area contributed by atoms with E-state index in [-0.39, 0.29) is 0 Å². The zero-order valence-corrected chi connectivity index (χ0v) is 9.94. The van der Waals surface area contributed by atoms with Crippen LogP contribution in [0.3, 0.4) is 0 Å². The van der Waals surface area contributed by atoms with Crippen LogP contribution in [0.5, 0.6) is 0 Å². The highest BCUT2D eigenvalue weighted by Gasteiger charge is 2.08. The highest BCUT2D eigenvalue weighted by Crippen LogP contribution is 2.28. The van der Waals surface area contributed by atoms with Gasteiger partial charge >= 0.3 is 5.97 Å². The van der Waals surface area contributed by atoms with Gasteiger partial charge in [-0.2, -0.15) is 0 Å². The molecule has 0 bridgehead atoms. The molecule has 3 heteroatoms. The van der Waals surface area contributed by atoms with Gasteiger partial charge in [-0.15, -0.1) is 0 Å². The number of aromatic carboxylic acids is 1. The smallest absolute Gasteiger partial charge is 0.335 e. The van der Waals surface area contributed by atoms with Crippen molar-refractivity contribution < 1.29 is 9.90 Å². The molecule has 0 aliphatic rings. The third-order valence-electron chi connectivity index (χ3n) is 2.30. The number of carbonyl (C=O) groups is 1. The van der Waals surface area contributed by atoms with Gasteiger partial charge in [0.15, 0.2) is 0 Å². The van der Waals surface area contributed by atoms with Crippen LogP contribution in [0, 0.1) is 0 Å². The molecule has 0 aliphatic carbocycles. The molecule has 0 saturated carbocycles. The van der Waals surface area contributed by atoms with Crippen LogP contribution in [0.1, 0.15) is 10.4 Å². The summed E-state index contributed by atoms with van der Waals surface area (Å²) in [6.45, 7) is 0. The van der Waals surface area contributed by atoms with E-state index in [1.807, 2.05) is 30.3 Å². The first-order valence-corrected chi connectivity index (χ1v) is 5.56. The maximum atomic E-state index is 10.9. The zero-order chi connectivity index (χ0) is 11.5. The molecule has 0 saturated heterocycles. The third-order valence-corrected chi connectivity index (χ3v) is 2.99. The van der Waals surface area contributed by atoms with E-state index in [1.54, 1.807) is 18.2 Å². The molecule has 0 radical (unpaired) electrons. The Hall–Kier alpha value is -1.61. The molecular weight excluding hydrogens is 268 g/mol. The van der Waals surface area contributed by atoms with Gasteiger partial charge in [0.1, 0.15) is 0 Å². The summed E-state index contributed by atoms with van der Waals surface area (Å²) in [4.78, 5) is 10.9. The van der Waals surface area contributed by atoms with E-state index >= 15 is 0 Å². The highest BCUT2D eigenvalue weighted by atomic mass is 79.9. The topological polar surface area (TPSA) is 37.3 Å². The van der Waals surface area contributed by atoms with Gasteiger partial charge in [-0.05, 0) is 29.3 Å². The molecule has 16 heavy (non-hydrogen) atoms. The van der Waals surface area contributed by atoms with Crippen molar-refractivity contribution in [3.05, 3.63) is 58.6 Å². The lowest BCUT2D eigenvalue weighted by Gasteiger charge is -2.05. The molecule has 0 atom stereocenters. The number of hydrogen-bond donors (Lipinski definition) is 1. The molecule has 0 unspecified atom stereocenters. The lowest BCUT2D eigenvalue weighted by molar-refractivity contribution is 0.0697. The maximum Gasteiger partial charge on any atom is 0.335 e. The summed E-state index contributed by atoms with van der Waals surface area (Å²) in [5, 5.41) is 8.93. The van der Waals surface area contributed by atoms with Crippen LogP contribution < -0.4 is 0 Å². The Kier molecular flexibility index (Phi) is 3.06. The average molecular weight is 277 g/mol. The number of rotatable bonds is 2. The van der Waals surface area contributed by atoms with E-state index in [0.29, 0.717) is 5.56 Å². The van der Waals surface area contributed by atoms with Crippen molar-refractivity contribution in [3.63, 3.8) is 0 Å². The maximum absolute atomic E-state index is 10.9. The Balaban J connectivity index is 2.56. The molecule has 0 spiro atoms. The minimum absolute atomic E-state index is 0.294. The number of carboxylic acids is 1. The van der Waals surface area contributed by atoms with E-state index in [0.717, 1.165) is 15.6 Å². The molecule has 2 nitrogen and oxygen atoms in total. The summed E-state index contributed by atoms with van der Waals surface area (Å²) in [5.41, 5.74) is 2.18. The molecular formula is C13H9BrO2. The molecule has 0 amide bonds. The monoisotopic (exact) mass is 276 g/mol. The summed E-state index contributed by atoms with van der Waals surface area (Å²) in [6.07, 6.45) is 0. The van der Waals surface area contributed by atoms with Gasteiger partial charge in [-0.25, -0.2) is 4.79 Å². The van der Waals surface area contributed by atoms with Gasteiger partial charge in [0.05, 0.1) is 5.56 Å². The molecule has 0 aliphatic heterocycles. The van der Waals surface area contributed by atoms with Crippen LogP contribution >= 0.6 is 15.9 Å². The highest BCUT2D eigenvalue weighted by molar-refractivity contribution is 9.10. The lowest BCUT2D eigenvalue weighted by Crippen LogP contribution is -1.96. The van der Waals surface area contributed by atoms with E-state index in [2.05, 4.69) is 15.9 Å². The molecule has 2 aromatic rings. The van der Waals surface area contributed by atoms with Crippen LogP contribution in [0.2, 0.25) is 0 Å². The molecule has 0 aromatic heterocycles. The summed E-state index contributed by atoms with van der Waals surface area (Å²) in [7, 11) is 0. The Labute approximate surface area is 102 Å². The van der Waals surface area contributed by atoms with Crippen molar-refractivity contribution in [1.82, 2.24) is 0 Å². The van der Waals surface area contributed by atoms with Gasteiger partial charge in [0.25, 0.3) is 0 Å². The number of halogens is 1. The Morgan fingerprint density at radius 3 is 2.38 bits per heavy atom. The van der Waals surface area contributed by atoms with Crippen LogP contribution in [-0.4, -0.2) is 11.1 Å². The lowest BCUT2D eigenvalue weighted by atomic mass is 10.0. The fourth-order valence-corrected chi connectivity index (χ4v) is 1.97. The molecule has 1 N–H and O–H groups in total. The van der Waals surface area contributed by atoms with Gasteiger partial charge in [-0.1, -0.05) is 46.3 Å². The fourth-order valence-electron chi connectivity index (χ4n) is 1.50. The summed E-state index contributed by atoms with van der Waals surface area (Å²) >= 11 is 3.42. The van der Waals surface area contributed by atoms with Gasteiger partial charge in [0.2, 0.25) is 0 Å². The average Bonchev–Trinajstić information content (AvgIpc) is 2.30. The van der Waals surface area contributed by atoms with Gasteiger partial charge in [-0.3, -0.25) is 0 Å². The molecule has 0 heterocycles. The predicted octanol–water partition coefficient (Wildman–Crippen LogP) is 3.81. The van der Waals surface area contributed by atoms with Crippen molar-refractivity contribution in [1.29, 1.82) is 0 Å². The van der Waals surface area contributed by atoms with Crippen LogP contribution in [-0.2, 0) is 0 Å². The van der Waals surface area contributed by atoms with Gasteiger partial charge in [0, 0.05) is 4.47 Å². The minimum atomic E-state index is -0.912. The normalized spacial score (nSPS) is 10.1. The first kappa shape index (κ1) is 10.9. The van der Waals surface area contributed by atoms with E-state index in [4.69, 9.17) is 5.11 Å². The Morgan fingerprint density at radius 2 is 1.75 bits per heavy atom. The van der Waals surface area contributed by atoms with Crippen LogP contribution in [0.15, 0.2) is 53.0 Å². The second kappa shape index (κ2) is 4.49. The number of carboxylic acid groups (broad SMARTS) is 1. The minimum Gasteiger partial charge on any atom is -0.478 e. The molecule has 80 valence electrons. The molecule has 0 fully saturated rings. The second-order valence-electron chi connectivity index (χ2n) is 3.37. The SMILES string of the molecule is O=C(O)c1ccc(Br)c(-c2ccccc2)c1. The van der Waals surface area contributed by atoms with Crippen molar-refractivity contribution in [2.24, 2.45) is 0 Å². The molecule has 2 rings (SSSR count). The van der Waals surface area contributed by atoms with E-state index in [1.165, 1.54) is 0 Å². The van der Waals surface area contributed by atoms with Crippen molar-refractivity contribution >= 4 is 21.9 Å². The first-order chi connectivity index (χ1) is 7.68. The zero-order valence-electron chi connectivity index (χ0n) is 8.35. The Morgan fingerprint density at radius 1 is 1.06 bits per heavy atom. The third kappa shape index (κ3) is 2.14. The van der Waals surface area contributed by atoms with Crippen LogP contribution in [0.4, 0.5) is 0 Å². The number of benzene rings is 2. The van der Waals surface area contributed by atoms with Gasteiger partial charge < -0.3 is 5.11 Å². The Bertz CT molecular complexity index is 521. The summed E-state index contributed by atoms with van der Waals surface area (Å²) < 4.78 is 0.892. The fraction of sp³-hybridized carbons (Fsp3) is 0. The first-order valence-electron chi connectivity index (χ1n) is 4.77. The summed E-state index contributed by atoms with van der Waals surface area (Å²) in [6, 6.07) is 14.7. The van der Waals surface area contributed by atoms with E-state index in [9.17, 15) is 4.79 Å². The largest absolute Gasteiger partial charge is 0.478 e.